The van der Waals surface area contributed by atoms with E-state index in [9.17, 15) is 9.59 Å². The van der Waals surface area contributed by atoms with Gasteiger partial charge in [0, 0.05) is 32.5 Å². The molecule has 2 amide bonds. The molecular weight excluding hydrogens is 340 g/mol. The van der Waals surface area contributed by atoms with Gasteiger partial charge in [-0.25, -0.2) is 4.98 Å². The molecule has 146 valence electrons. The zero-order valence-corrected chi connectivity index (χ0v) is 16.2. The number of allylic oxidation sites excluding steroid dienone is 2. The zero-order valence-electron chi connectivity index (χ0n) is 16.2. The molecule has 0 radical (unpaired) electrons. The predicted octanol–water partition coefficient (Wildman–Crippen LogP) is 2.43. The van der Waals surface area contributed by atoms with Crippen LogP contribution in [0.1, 0.15) is 57.0 Å². The van der Waals surface area contributed by atoms with E-state index in [0.29, 0.717) is 25.4 Å². The third-order valence-electron chi connectivity index (χ3n) is 6.26. The number of carbonyl (C=O) groups is 2. The molecule has 1 saturated carbocycles. The van der Waals surface area contributed by atoms with Gasteiger partial charge in [-0.2, -0.15) is 0 Å². The summed E-state index contributed by atoms with van der Waals surface area (Å²) in [6, 6.07) is 0. The summed E-state index contributed by atoms with van der Waals surface area (Å²) < 4.78 is 2.19. The number of fused-ring (bicyclic) bond motifs is 1. The lowest BCUT2D eigenvalue weighted by Crippen LogP contribution is -2.44. The van der Waals surface area contributed by atoms with Crippen molar-refractivity contribution in [3.8, 4) is 0 Å². The molecular formula is C21H30N4O2. The third kappa shape index (κ3) is 4.09. The normalized spacial score (nSPS) is 25.0. The van der Waals surface area contributed by atoms with Crippen LogP contribution in [0.3, 0.4) is 0 Å². The summed E-state index contributed by atoms with van der Waals surface area (Å²) in [5.74, 6) is 2.03. The van der Waals surface area contributed by atoms with Crippen molar-refractivity contribution in [3.63, 3.8) is 0 Å². The largest absolute Gasteiger partial charge is 0.350 e. The second kappa shape index (κ2) is 7.49. The van der Waals surface area contributed by atoms with Crippen LogP contribution < -0.4 is 5.32 Å². The number of hydrogen-bond acceptors (Lipinski definition) is 3. The molecule has 0 bridgehead atoms. The molecule has 1 atom stereocenters. The summed E-state index contributed by atoms with van der Waals surface area (Å²) in [6.07, 6.45) is 12.8. The molecule has 1 fully saturated rings. The van der Waals surface area contributed by atoms with Crippen LogP contribution in [0.25, 0.3) is 0 Å². The Morgan fingerprint density at radius 2 is 2.11 bits per heavy atom. The zero-order chi connectivity index (χ0) is 18.9. The van der Waals surface area contributed by atoms with Gasteiger partial charge in [0.2, 0.25) is 11.8 Å². The minimum Gasteiger partial charge on any atom is -0.350 e. The van der Waals surface area contributed by atoms with Crippen LogP contribution in [0.2, 0.25) is 0 Å². The van der Waals surface area contributed by atoms with Gasteiger partial charge in [-0.15, -0.1) is 0 Å². The summed E-state index contributed by atoms with van der Waals surface area (Å²) in [5, 5.41) is 3.03. The van der Waals surface area contributed by atoms with E-state index in [1.165, 1.54) is 12.8 Å². The van der Waals surface area contributed by atoms with Crippen molar-refractivity contribution in [3.05, 3.63) is 29.9 Å². The van der Waals surface area contributed by atoms with Gasteiger partial charge in [0.25, 0.3) is 0 Å². The maximum Gasteiger partial charge on any atom is 0.228 e. The first-order chi connectivity index (χ1) is 13.0. The van der Waals surface area contributed by atoms with Crippen LogP contribution >= 0.6 is 0 Å². The Morgan fingerprint density at radius 1 is 1.26 bits per heavy atom. The molecule has 1 unspecified atom stereocenters. The first-order valence-electron chi connectivity index (χ1n) is 10.3. The Labute approximate surface area is 161 Å². The smallest absolute Gasteiger partial charge is 0.228 e. The van der Waals surface area contributed by atoms with Crippen molar-refractivity contribution >= 4 is 11.8 Å². The van der Waals surface area contributed by atoms with Crippen LogP contribution in [0, 0.1) is 11.3 Å². The average molecular weight is 370 g/mol. The Hall–Kier alpha value is -2.11. The molecule has 27 heavy (non-hydrogen) atoms. The fourth-order valence-corrected chi connectivity index (χ4v) is 4.22. The molecule has 1 aromatic heterocycles. The molecule has 0 saturated heterocycles. The van der Waals surface area contributed by atoms with E-state index >= 15 is 0 Å². The standard InChI is InChI=1S/C21H30N4O2/c1-21(8-3-2-4-9-21)20(27)24-10-7-18-22-14-17(25(18)12-11-24)15-23-19(26)13-16-5-6-16/h2-3,14,16H,4-13,15H2,1H3,(H,23,26). The number of aromatic nitrogens is 2. The van der Waals surface area contributed by atoms with E-state index in [1.807, 2.05) is 11.1 Å². The highest BCUT2D eigenvalue weighted by Gasteiger charge is 2.37. The van der Waals surface area contributed by atoms with Gasteiger partial charge >= 0.3 is 0 Å². The fourth-order valence-electron chi connectivity index (χ4n) is 4.22. The van der Waals surface area contributed by atoms with Crippen LogP contribution in [0.15, 0.2) is 18.3 Å². The van der Waals surface area contributed by atoms with Crippen LogP contribution in [-0.4, -0.2) is 39.4 Å². The van der Waals surface area contributed by atoms with E-state index in [2.05, 4.69) is 33.9 Å². The minimum absolute atomic E-state index is 0.136. The first-order valence-corrected chi connectivity index (χ1v) is 10.3. The van der Waals surface area contributed by atoms with Crippen molar-refractivity contribution in [2.45, 2.75) is 65.0 Å². The summed E-state index contributed by atoms with van der Waals surface area (Å²) in [5.41, 5.74) is 0.774. The highest BCUT2D eigenvalue weighted by molar-refractivity contribution is 5.82. The monoisotopic (exact) mass is 370 g/mol. The number of imidazole rings is 1. The molecule has 1 aromatic rings. The topological polar surface area (TPSA) is 67.2 Å². The quantitative estimate of drug-likeness (QED) is 0.810. The van der Waals surface area contributed by atoms with Gasteiger partial charge in [0.15, 0.2) is 0 Å². The van der Waals surface area contributed by atoms with Crippen LogP contribution in [0.4, 0.5) is 0 Å². The number of amides is 2. The van der Waals surface area contributed by atoms with Gasteiger partial charge in [-0.05, 0) is 38.0 Å². The van der Waals surface area contributed by atoms with E-state index in [4.69, 9.17) is 0 Å². The lowest BCUT2D eigenvalue weighted by Gasteiger charge is -2.34. The van der Waals surface area contributed by atoms with Crippen molar-refractivity contribution in [1.82, 2.24) is 19.8 Å². The number of nitrogens with one attached hydrogen (secondary N) is 1. The number of rotatable bonds is 5. The van der Waals surface area contributed by atoms with Gasteiger partial charge in [-0.1, -0.05) is 19.1 Å². The Morgan fingerprint density at radius 3 is 2.85 bits per heavy atom. The van der Waals surface area contributed by atoms with Gasteiger partial charge in [-0.3, -0.25) is 9.59 Å². The molecule has 6 nitrogen and oxygen atoms in total. The number of hydrogen-bond donors (Lipinski definition) is 1. The fraction of sp³-hybridized carbons (Fsp3) is 0.667. The van der Waals surface area contributed by atoms with E-state index in [1.54, 1.807) is 0 Å². The van der Waals surface area contributed by atoms with Crippen LogP contribution in [0.5, 0.6) is 0 Å². The summed E-state index contributed by atoms with van der Waals surface area (Å²) in [4.78, 5) is 31.7. The summed E-state index contributed by atoms with van der Waals surface area (Å²) in [7, 11) is 0. The maximum absolute atomic E-state index is 13.1. The van der Waals surface area contributed by atoms with E-state index in [-0.39, 0.29) is 17.2 Å². The second-order valence-electron chi connectivity index (χ2n) is 8.56. The van der Waals surface area contributed by atoms with E-state index < -0.39 is 0 Å². The average Bonchev–Trinajstić information content (AvgIpc) is 3.43. The van der Waals surface area contributed by atoms with Crippen LogP contribution in [-0.2, 0) is 29.1 Å². The maximum atomic E-state index is 13.1. The molecule has 2 heterocycles. The highest BCUT2D eigenvalue weighted by atomic mass is 16.2. The Kier molecular flexibility index (Phi) is 5.06. The molecule has 2 aliphatic carbocycles. The lowest BCUT2D eigenvalue weighted by atomic mass is 9.77. The summed E-state index contributed by atoms with van der Waals surface area (Å²) >= 11 is 0. The summed E-state index contributed by atoms with van der Waals surface area (Å²) in [6.45, 7) is 4.81. The SMILES string of the molecule is CC1(C(=O)N2CCc3ncc(CNC(=O)CC4CC4)n3CC2)CC=CCC1. The van der Waals surface area contributed by atoms with Crippen molar-refractivity contribution in [1.29, 1.82) is 0 Å². The van der Waals surface area contributed by atoms with Crippen molar-refractivity contribution in [2.75, 3.05) is 13.1 Å². The number of carbonyl (C=O) groups excluding carboxylic acids is 2. The predicted molar refractivity (Wildman–Crippen MR) is 103 cm³/mol. The molecule has 0 spiro atoms. The van der Waals surface area contributed by atoms with Gasteiger partial charge in [0.05, 0.1) is 23.9 Å². The third-order valence-corrected chi connectivity index (χ3v) is 6.26. The van der Waals surface area contributed by atoms with Crippen molar-refractivity contribution in [2.24, 2.45) is 11.3 Å². The molecule has 1 N–H and O–H groups in total. The minimum atomic E-state index is -0.263. The van der Waals surface area contributed by atoms with Gasteiger partial charge < -0.3 is 14.8 Å². The molecule has 0 aromatic carbocycles. The first kappa shape index (κ1) is 18.3. The lowest BCUT2D eigenvalue weighted by molar-refractivity contribution is -0.141. The number of nitrogens with zero attached hydrogens (tertiary/aromatic N) is 3. The van der Waals surface area contributed by atoms with Gasteiger partial charge in [0.1, 0.15) is 5.82 Å². The Bertz CT molecular complexity index is 749. The Balaban J connectivity index is 1.36. The van der Waals surface area contributed by atoms with E-state index in [0.717, 1.165) is 50.3 Å². The highest BCUT2D eigenvalue weighted by Crippen LogP contribution is 2.34. The van der Waals surface area contributed by atoms with Crippen molar-refractivity contribution < 1.29 is 9.59 Å². The molecule has 3 aliphatic rings. The molecule has 1 aliphatic heterocycles. The molecule has 4 rings (SSSR count). The second-order valence-corrected chi connectivity index (χ2v) is 8.56. The molecule has 6 heteroatoms.